The maximum Gasteiger partial charge on any atom is 0.328 e. The molecule has 0 saturated heterocycles. The number of nitrogens with one attached hydrogen (secondary N) is 2. The average molecular weight is 787 g/mol. The Bertz CT molecular complexity index is 1080. The fraction of sp³-hybridized carbons (Fsp3) is 0.745. The highest BCUT2D eigenvalue weighted by atomic mass is 16.5. The van der Waals surface area contributed by atoms with Gasteiger partial charge in [0.25, 0.3) is 0 Å². The Hall–Kier alpha value is -3.20. The van der Waals surface area contributed by atoms with Gasteiger partial charge in [-0.1, -0.05) is 159 Å². The minimum absolute atomic E-state index is 0.0253. The van der Waals surface area contributed by atoms with Gasteiger partial charge in [-0.15, -0.1) is 0 Å². The number of aliphatic carboxylic acids is 1. The number of hydrogen-bond acceptors (Lipinski definition) is 6. The molecule has 9 nitrogen and oxygen atoms in total. The van der Waals surface area contributed by atoms with Crippen LogP contribution in [0.5, 0.6) is 0 Å². The average Bonchev–Trinajstić information content (AvgIpc) is 3.18. The van der Waals surface area contributed by atoms with Gasteiger partial charge in [0.05, 0.1) is 13.2 Å². The van der Waals surface area contributed by atoms with Gasteiger partial charge in [0.15, 0.2) is 0 Å². The number of carboxylic acid groups (broad SMARTS) is 1. The first kappa shape index (κ1) is 52.8. The van der Waals surface area contributed by atoms with E-state index >= 15 is 0 Å². The van der Waals surface area contributed by atoms with Crippen LogP contribution in [0.15, 0.2) is 48.6 Å². The van der Waals surface area contributed by atoms with E-state index in [0.717, 1.165) is 103 Å². The second-order valence-electron chi connectivity index (χ2n) is 15.1. The van der Waals surface area contributed by atoms with E-state index < -0.39 is 24.5 Å². The predicted octanol–water partition coefficient (Wildman–Crippen LogP) is 11.2. The molecule has 9 heteroatoms. The van der Waals surface area contributed by atoms with E-state index in [1.165, 1.54) is 64.2 Å². The van der Waals surface area contributed by atoms with E-state index in [2.05, 4.69) is 73.1 Å². The summed E-state index contributed by atoms with van der Waals surface area (Å²) in [5.74, 6) is -2.31. The summed E-state index contributed by atoms with van der Waals surface area (Å²) in [4.78, 5) is 47.6. The van der Waals surface area contributed by atoms with Crippen LogP contribution in [0.1, 0.15) is 200 Å². The number of carbonyl (C=O) groups excluding carboxylic acids is 3. The highest BCUT2D eigenvalue weighted by Crippen LogP contribution is 2.19. The van der Waals surface area contributed by atoms with Gasteiger partial charge in [0.1, 0.15) is 12.1 Å². The summed E-state index contributed by atoms with van der Waals surface area (Å²) in [5.41, 5.74) is 0. The third-order valence-electron chi connectivity index (χ3n) is 9.84. The Balaban J connectivity index is 4.33. The summed E-state index contributed by atoms with van der Waals surface area (Å²) in [6, 6.07) is -1.38. The minimum atomic E-state index is -1.38. The number of carboxylic acids is 1. The third-order valence-corrected chi connectivity index (χ3v) is 9.84. The molecule has 0 aromatic rings. The van der Waals surface area contributed by atoms with Crippen molar-refractivity contribution in [3.63, 3.8) is 0 Å². The molecule has 0 bridgehead atoms. The normalized spacial score (nSPS) is 12.9. The Kier molecular flexibility index (Phi) is 39.1. The van der Waals surface area contributed by atoms with Gasteiger partial charge in [0, 0.05) is 12.8 Å². The highest BCUT2D eigenvalue weighted by Gasteiger charge is 2.19. The summed E-state index contributed by atoms with van der Waals surface area (Å²) < 4.78 is 6.03. The molecule has 0 fully saturated rings. The molecule has 0 radical (unpaired) electrons. The van der Waals surface area contributed by atoms with Crippen molar-refractivity contribution in [2.24, 2.45) is 0 Å². The zero-order valence-corrected chi connectivity index (χ0v) is 35.6. The number of hydrogen-bond donors (Lipinski definition) is 4. The molecule has 4 N–H and O–H groups in total. The third kappa shape index (κ3) is 37.7. The van der Waals surface area contributed by atoms with Crippen molar-refractivity contribution < 1.29 is 34.1 Å². The summed E-state index contributed by atoms with van der Waals surface area (Å²) in [5, 5.41) is 22.6. The van der Waals surface area contributed by atoms with Crippen LogP contribution in [0.25, 0.3) is 0 Å². The molecule has 2 atom stereocenters. The molecule has 0 aromatic carbocycles. The standard InChI is InChI=1S/C47H82N2O7/c1-3-5-7-9-11-13-15-16-17-18-19-20-22-24-26-31-35-39-46(53)56-42(36-32-28-25-23-21-14-12-10-8-6-4-2)37-33-29-27-30-34-38-44(51)48-40-45(52)49-43(41-50)47(54)55/h5,7,11,13,16-17,19-20,42-43,50H,3-4,6,8-10,12,14-15,18,21-41H2,1-2H3,(H,48,51)(H,49,52)(H,54,55)/b7-5-,13-11-,17-16-,20-19-. The minimum Gasteiger partial charge on any atom is -0.480 e. The van der Waals surface area contributed by atoms with Gasteiger partial charge >= 0.3 is 11.9 Å². The molecular formula is C47H82N2O7. The van der Waals surface area contributed by atoms with E-state index in [0.29, 0.717) is 19.3 Å². The lowest BCUT2D eigenvalue weighted by molar-refractivity contribution is -0.150. The molecule has 0 spiro atoms. The Morgan fingerprint density at radius 1 is 0.554 bits per heavy atom. The quantitative estimate of drug-likeness (QED) is 0.0275. The van der Waals surface area contributed by atoms with Gasteiger partial charge in [0.2, 0.25) is 11.8 Å². The zero-order valence-electron chi connectivity index (χ0n) is 35.6. The van der Waals surface area contributed by atoms with Crippen LogP contribution in [-0.4, -0.2) is 59.3 Å². The van der Waals surface area contributed by atoms with E-state index in [1.54, 1.807) is 0 Å². The van der Waals surface area contributed by atoms with Crippen LogP contribution in [0.3, 0.4) is 0 Å². The molecule has 0 aliphatic heterocycles. The SMILES string of the molecule is CC/C=C\C/C=C\C/C=C\C/C=C\CCCCCCC(=O)OC(CCCCCCCCCCCCC)CCCCCCCC(=O)NCC(=O)NC(CO)C(=O)O. The number of rotatable bonds is 40. The number of aliphatic hydroxyl groups is 1. The van der Waals surface area contributed by atoms with Crippen molar-refractivity contribution in [1.82, 2.24) is 10.6 Å². The molecule has 56 heavy (non-hydrogen) atoms. The van der Waals surface area contributed by atoms with Gasteiger partial charge in [-0.05, 0) is 77.0 Å². The monoisotopic (exact) mass is 787 g/mol. The number of aliphatic hydroxyl groups excluding tert-OH is 1. The van der Waals surface area contributed by atoms with Crippen molar-refractivity contribution >= 4 is 23.8 Å². The first-order chi connectivity index (χ1) is 27.3. The molecule has 0 saturated carbocycles. The van der Waals surface area contributed by atoms with Gasteiger partial charge in [-0.25, -0.2) is 4.79 Å². The first-order valence-corrected chi connectivity index (χ1v) is 22.5. The lowest BCUT2D eigenvalue weighted by atomic mass is 10.0. The number of amides is 2. The summed E-state index contributed by atoms with van der Waals surface area (Å²) >= 11 is 0. The Morgan fingerprint density at radius 2 is 1.02 bits per heavy atom. The smallest absolute Gasteiger partial charge is 0.328 e. The van der Waals surface area contributed by atoms with Crippen LogP contribution in [0.2, 0.25) is 0 Å². The molecule has 0 aliphatic carbocycles. The lowest BCUT2D eigenvalue weighted by Gasteiger charge is -2.18. The topological polar surface area (TPSA) is 142 Å². The molecule has 322 valence electrons. The predicted molar refractivity (Wildman–Crippen MR) is 231 cm³/mol. The number of carbonyl (C=O) groups is 4. The number of allylic oxidation sites excluding steroid dienone is 8. The van der Waals surface area contributed by atoms with Crippen LogP contribution in [-0.2, 0) is 23.9 Å². The second-order valence-corrected chi connectivity index (χ2v) is 15.1. The number of ether oxygens (including phenoxy) is 1. The van der Waals surface area contributed by atoms with Gasteiger partial charge < -0.3 is 25.6 Å². The van der Waals surface area contributed by atoms with E-state index in [1.807, 2.05) is 0 Å². The molecule has 2 unspecified atom stereocenters. The van der Waals surface area contributed by atoms with Crippen LogP contribution < -0.4 is 10.6 Å². The van der Waals surface area contributed by atoms with E-state index in [4.69, 9.17) is 14.9 Å². The van der Waals surface area contributed by atoms with Crippen LogP contribution in [0, 0.1) is 0 Å². The zero-order chi connectivity index (χ0) is 41.2. The maximum atomic E-state index is 12.8. The summed E-state index contributed by atoms with van der Waals surface area (Å²) in [6.45, 7) is 3.37. The Morgan fingerprint density at radius 3 is 1.54 bits per heavy atom. The van der Waals surface area contributed by atoms with Gasteiger partial charge in [-0.2, -0.15) is 0 Å². The lowest BCUT2D eigenvalue weighted by Crippen LogP contribution is -2.47. The molecule has 0 aromatic heterocycles. The second kappa shape index (κ2) is 41.4. The van der Waals surface area contributed by atoms with Crippen LogP contribution >= 0.6 is 0 Å². The maximum absolute atomic E-state index is 12.8. The molecule has 0 aliphatic rings. The Labute approximate surface area is 341 Å². The highest BCUT2D eigenvalue weighted by molar-refractivity contribution is 5.87. The van der Waals surface area contributed by atoms with Crippen molar-refractivity contribution in [3.05, 3.63) is 48.6 Å². The van der Waals surface area contributed by atoms with Crippen molar-refractivity contribution in [2.75, 3.05) is 13.2 Å². The fourth-order valence-corrected chi connectivity index (χ4v) is 6.41. The molecule has 0 rings (SSSR count). The summed E-state index contributed by atoms with van der Waals surface area (Å²) in [6.07, 6.45) is 48.5. The van der Waals surface area contributed by atoms with Crippen molar-refractivity contribution in [1.29, 1.82) is 0 Å². The van der Waals surface area contributed by atoms with Gasteiger partial charge in [-0.3, -0.25) is 14.4 Å². The first-order valence-electron chi connectivity index (χ1n) is 22.5. The number of esters is 1. The van der Waals surface area contributed by atoms with E-state index in [9.17, 15) is 19.2 Å². The molecule has 0 heterocycles. The van der Waals surface area contributed by atoms with Crippen LogP contribution in [0.4, 0.5) is 0 Å². The van der Waals surface area contributed by atoms with Crippen molar-refractivity contribution in [3.8, 4) is 0 Å². The molecule has 2 amide bonds. The number of unbranched alkanes of at least 4 members (excludes halogenated alkanes) is 18. The van der Waals surface area contributed by atoms with E-state index in [-0.39, 0.29) is 24.5 Å². The largest absolute Gasteiger partial charge is 0.480 e. The molecular weight excluding hydrogens is 705 g/mol. The van der Waals surface area contributed by atoms with Crippen molar-refractivity contribution in [2.45, 2.75) is 212 Å². The fourth-order valence-electron chi connectivity index (χ4n) is 6.41. The summed E-state index contributed by atoms with van der Waals surface area (Å²) in [7, 11) is 0.